The van der Waals surface area contributed by atoms with Gasteiger partial charge in [0, 0.05) is 13.1 Å². The van der Waals surface area contributed by atoms with Crippen LogP contribution in [0.5, 0.6) is 0 Å². The number of β-amino-alcohol motifs (C(OH)–C–C–N with tert-alkyl or cyclic N) is 2. The second-order valence-electron chi connectivity index (χ2n) is 4.81. The molecular formula is C13H14F3NO3. The number of halogens is 3. The van der Waals surface area contributed by atoms with Crippen LogP contribution >= 0.6 is 0 Å². The lowest BCUT2D eigenvalue weighted by Crippen LogP contribution is -2.31. The number of aliphatic hydroxyl groups excluding tert-OH is 2. The molecule has 0 saturated carbocycles. The quantitative estimate of drug-likeness (QED) is 0.847. The fourth-order valence-corrected chi connectivity index (χ4v) is 2.12. The Bertz CT molecular complexity index is 494. The van der Waals surface area contributed by atoms with E-state index in [2.05, 4.69) is 0 Å². The first kappa shape index (κ1) is 14.8. The summed E-state index contributed by atoms with van der Waals surface area (Å²) in [4.78, 5) is 13.1. The monoisotopic (exact) mass is 289 g/mol. The van der Waals surface area contributed by atoms with E-state index in [1.807, 2.05) is 0 Å². The maximum absolute atomic E-state index is 12.5. The highest BCUT2D eigenvalue weighted by Gasteiger charge is 2.33. The van der Waals surface area contributed by atoms with E-state index in [4.69, 9.17) is 0 Å². The molecule has 20 heavy (non-hydrogen) atoms. The van der Waals surface area contributed by atoms with Crippen LogP contribution in [0.2, 0.25) is 0 Å². The van der Waals surface area contributed by atoms with Gasteiger partial charge in [-0.15, -0.1) is 0 Å². The number of carbonyl (C=O) groups is 1. The normalized spacial score (nSPS) is 23.1. The summed E-state index contributed by atoms with van der Waals surface area (Å²) in [6.45, 7) is -0.00206. The fraction of sp³-hybridized carbons (Fsp3) is 0.462. The number of amides is 1. The number of benzene rings is 1. The molecule has 4 nitrogen and oxygen atoms in total. The third-order valence-corrected chi connectivity index (χ3v) is 3.22. The Morgan fingerprint density at radius 2 is 1.85 bits per heavy atom. The van der Waals surface area contributed by atoms with Crippen molar-refractivity contribution in [2.45, 2.75) is 24.8 Å². The highest BCUT2D eigenvalue weighted by Crippen LogP contribution is 2.29. The minimum atomic E-state index is -4.45. The number of hydrogen-bond donors (Lipinski definition) is 2. The maximum Gasteiger partial charge on any atom is 0.416 e. The van der Waals surface area contributed by atoms with Gasteiger partial charge in [-0.2, -0.15) is 13.2 Å². The van der Waals surface area contributed by atoms with Gasteiger partial charge in [-0.1, -0.05) is 18.2 Å². The van der Waals surface area contributed by atoms with Gasteiger partial charge in [0.25, 0.3) is 0 Å². The first-order chi connectivity index (χ1) is 9.27. The molecule has 2 rings (SSSR count). The molecule has 0 aromatic heterocycles. The van der Waals surface area contributed by atoms with Crippen LogP contribution in [0.3, 0.4) is 0 Å². The van der Waals surface area contributed by atoms with Crippen molar-refractivity contribution in [3.05, 3.63) is 35.4 Å². The SMILES string of the molecule is O=C(Cc1cccc(C(F)(F)F)c1)N1CC(O)C(O)C1. The van der Waals surface area contributed by atoms with Crippen LogP contribution in [0.4, 0.5) is 13.2 Å². The molecule has 1 aromatic carbocycles. The zero-order valence-corrected chi connectivity index (χ0v) is 10.5. The van der Waals surface area contributed by atoms with E-state index >= 15 is 0 Å². The number of rotatable bonds is 2. The third-order valence-electron chi connectivity index (χ3n) is 3.22. The lowest BCUT2D eigenvalue weighted by atomic mass is 10.1. The van der Waals surface area contributed by atoms with Crippen molar-refractivity contribution in [2.24, 2.45) is 0 Å². The largest absolute Gasteiger partial charge is 0.416 e. The van der Waals surface area contributed by atoms with Gasteiger partial charge in [-0.25, -0.2) is 0 Å². The van der Waals surface area contributed by atoms with Crippen LogP contribution in [0.1, 0.15) is 11.1 Å². The Morgan fingerprint density at radius 1 is 1.25 bits per heavy atom. The average molecular weight is 289 g/mol. The van der Waals surface area contributed by atoms with Crippen LogP contribution in [0.15, 0.2) is 24.3 Å². The van der Waals surface area contributed by atoms with Crippen molar-refractivity contribution in [3.8, 4) is 0 Å². The van der Waals surface area contributed by atoms with E-state index in [9.17, 15) is 28.2 Å². The molecule has 0 bridgehead atoms. The lowest BCUT2D eigenvalue weighted by Gasteiger charge is -2.16. The smallest absolute Gasteiger partial charge is 0.388 e. The zero-order chi connectivity index (χ0) is 14.9. The van der Waals surface area contributed by atoms with Crippen molar-refractivity contribution in [3.63, 3.8) is 0 Å². The van der Waals surface area contributed by atoms with Crippen LogP contribution in [0.25, 0.3) is 0 Å². The minimum absolute atomic E-state index is 0.00103. The van der Waals surface area contributed by atoms with E-state index in [1.165, 1.54) is 17.0 Å². The molecule has 1 fully saturated rings. The number of likely N-dealkylation sites (tertiary alicyclic amines) is 1. The van der Waals surface area contributed by atoms with Crippen molar-refractivity contribution in [1.82, 2.24) is 4.90 Å². The predicted octanol–water partition coefficient (Wildman–Crippen LogP) is 0.812. The maximum atomic E-state index is 12.5. The predicted molar refractivity (Wildman–Crippen MR) is 63.7 cm³/mol. The molecule has 2 atom stereocenters. The average Bonchev–Trinajstić information content (AvgIpc) is 2.69. The van der Waals surface area contributed by atoms with E-state index in [1.54, 1.807) is 0 Å². The molecule has 0 spiro atoms. The summed E-state index contributed by atoms with van der Waals surface area (Å²) >= 11 is 0. The van der Waals surface area contributed by atoms with E-state index in [0.717, 1.165) is 12.1 Å². The summed E-state index contributed by atoms with van der Waals surface area (Å²) in [5.74, 6) is -0.417. The number of carbonyl (C=O) groups excluding carboxylic acids is 1. The topological polar surface area (TPSA) is 60.8 Å². The standard InChI is InChI=1S/C13H14F3NO3/c14-13(15,16)9-3-1-2-8(4-9)5-12(20)17-6-10(18)11(19)7-17/h1-4,10-11,18-19H,5-7H2. The van der Waals surface area contributed by atoms with E-state index in [0.29, 0.717) is 0 Å². The van der Waals surface area contributed by atoms with Crippen molar-refractivity contribution < 1.29 is 28.2 Å². The molecule has 0 aliphatic carbocycles. The highest BCUT2D eigenvalue weighted by atomic mass is 19.4. The molecule has 7 heteroatoms. The van der Waals surface area contributed by atoms with Gasteiger partial charge >= 0.3 is 6.18 Å². The van der Waals surface area contributed by atoms with E-state index in [-0.39, 0.29) is 25.1 Å². The molecule has 1 heterocycles. The minimum Gasteiger partial charge on any atom is -0.388 e. The molecule has 2 unspecified atom stereocenters. The van der Waals surface area contributed by atoms with Gasteiger partial charge in [0.2, 0.25) is 5.91 Å². The summed E-state index contributed by atoms with van der Waals surface area (Å²) in [6.07, 6.45) is -6.64. The molecule has 1 saturated heterocycles. The number of aliphatic hydroxyl groups is 2. The first-order valence-electron chi connectivity index (χ1n) is 6.07. The van der Waals surface area contributed by atoms with Gasteiger partial charge in [0.1, 0.15) is 0 Å². The molecular weight excluding hydrogens is 275 g/mol. The van der Waals surface area contributed by atoms with Crippen LogP contribution in [-0.4, -0.2) is 46.3 Å². The van der Waals surface area contributed by atoms with Gasteiger partial charge in [0.15, 0.2) is 0 Å². The Morgan fingerprint density at radius 3 is 2.40 bits per heavy atom. The molecule has 1 aromatic rings. The number of alkyl halides is 3. The van der Waals surface area contributed by atoms with E-state index < -0.39 is 29.9 Å². The van der Waals surface area contributed by atoms with Crippen molar-refractivity contribution >= 4 is 5.91 Å². The molecule has 1 aliphatic rings. The Labute approximate surface area is 113 Å². The highest BCUT2D eigenvalue weighted by molar-refractivity contribution is 5.79. The molecule has 2 N–H and O–H groups in total. The third kappa shape index (κ3) is 3.29. The summed E-state index contributed by atoms with van der Waals surface area (Å²) in [7, 11) is 0. The fourth-order valence-electron chi connectivity index (χ4n) is 2.12. The van der Waals surface area contributed by atoms with Crippen LogP contribution in [-0.2, 0) is 17.4 Å². The second-order valence-corrected chi connectivity index (χ2v) is 4.81. The molecule has 1 amide bonds. The molecule has 0 radical (unpaired) electrons. The van der Waals surface area contributed by atoms with Gasteiger partial charge in [-0.3, -0.25) is 4.79 Å². The van der Waals surface area contributed by atoms with Gasteiger partial charge < -0.3 is 15.1 Å². The first-order valence-corrected chi connectivity index (χ1v) is 6.07. The van der Waals surface area contributed by atoms with Crippen molar-refractivity contribution in [2.75, 3.05) is 13.1 Å². The van der Waals surface area contributed by atoms with Crippen molar-refractivity contribution in [1.29, 1.82) is 0 Å². The number of hydrogen-bond acceptors (Lipinski definition) is 3. The Balaban J connectivity index is 2.05. The Kier molecular flexibility index (Phi) is 4.01. The molecule has 110 valence electrons. The Hall–Kier alpha value is -1.60. The summed E-state index contributed by atoms with van der Waals surface area (Å²) < 4.78 is 37.6. The summed E-state index contributed by atoms with van der Waals surface area (Å²) in [5, 5.41) is 18.7. The summed E-state index contributed by atoms with van der Waals surface area (Å²) in [6, 6.07) is 4.56. The zero-order valence-electron chi connectivity index (χ0n) is 10.5. The van der Waals surface area contributed by atoms with Gasteiger partial charge in [-0.05, 0) is 11.6 Å². The van der Waals surface area contributed by atoms with Crippen LogP contribution in [0, 0.1) is 0 Å². The second kappa shape index (κ2) is 5.41. The van der Waals surface area contributed by atoms with Gasteiger partial charge in [0.05, 0.1) is 24.2 Å². The summed E-state index contributed by atoms with van der Waals surface area (Å²) in [5.41, 5.74) is -0.551. The lowest BCUT2D eigenvalue weighted by molar-refractivity contribution is -0.138. The van der Waals surface area contributed by atoms with Crippen LogP contribution < -0.4 is 0 Å². The number of nitrogens with zero attached hydrogens (tertiary/aromatic N) is 1. The molecule has 1 aliphatic heterocycles.